The quantitative estimate of drug-likeness (QED) is 0.905. The lowest BCUT2D eigenvalue weighted by molar-refractivity contribution is 0.102. The number of hydrogen-bond donors (Lipinski definition) is 2. The van der Waals surface area contributed by atoms with Crippen molar-refractivity contribution in [3.8, 4) is 0 Å². The number of carbonyl (C=O) groups is 1. The molecule has 5 heteroatoms. The third-order valence-electron chi connectivity index (χ3n) is 3.61. The highest BCUT2D eigenvalue weighted by Crippen LogP contribution is 2.30. The lowest BCUT2D eigenvalue weighted by Gasteiger charge is -2.09. The highest BCUT2D eigenvalue weighted by Gasteiger charge is 2.17. The molecule has 0 radical (unpaired) electrons. The molecule has 0 spiro atoms. The first-order valence-corrected chi connectivity index (χ1v) is 8.22. The topological polar surface area (TPSA) is 54.0 Å². The Kier molecular flexibility index (Phi) is 4.20. The van der Waals surface area contributed by atoms with E-state index in [0.29, 0.717) is 5.56 Å². The Labute approximate surface area is 128 Å². The molecule has 1 heterocycles. The molecule has 1 aromatic carbocycles. The van der Waals surface area contributed by atoms with Gasteiger partial charge in [-0.1, -0.05) is 12.1 Å². The van der Waals surface area contributed by atoms with Crippen molar-refractivity contribution >= 4 is 28.1 Å². The van der Waals surface area contributed by atoms with Gasteiger partial charge in [-0.05, 0) is 44.7 Å². The van der Waals surface area contributed by atoms with Crippen LogP contribution in [0.2, 0.25) is 0 Å². The van der Waals surface area contributed by atoms with E-state index in [1.54, 1.807) is 11.3 Å². The van der Waals surface area contributed by atoms with Crippen LogP contribution in [0.3, 0.4) is 0 Å². The lowest BCUT2D eigenvalue weighted by Crippen LogP contribution is -2.14. The van der Waals surface area contributed by atoms with Crippen LogP contribution in [0.1, 0.15) is 40.7 Å². The molecule has 0 aliphatic heterocycles. The number of rotatable bonds is 4. The van der Waals surface area contributed by atoms with Crippen molar-refractivity contribution in [2.75, 3.05) is 17.2 Å². The standard InChI is InChI=1S/C16H19N3OS/c1-2-17-12-8-4-3-7-11(12)15(20)19-16-18-13-9-5-6-10-14(13)21-16/h3-4,7-8,17H,2,5-6,9-10H2,1H3,(H,18,19,20). The molecular formula is C16H19N3OS. The number of fused-ring (bicyclic) bond motifs is 1. The summed E-state index contributed by atoms with van der Waals surface area (Å²) in [5, 5.41) is 6.88. The Morgan fingerprint density at radius 3 is 2.90 bits per heavy atom. The molecule has 110 valence electrons. The van der Waals surface area contributed by atoms with Crippen LogP contribution in [0.15, 0.2) is 24.3 Å². The summed E-state index contributed by atoms with van der Waals surface area (Å²) < 4.78 is 0. The number of thiazole rings is 1. The summed E-state index contributed by atoms with van der Waals surface area (Å²) in [6, 6.07) is 7.56. The van der Waals surface area contributed by atoms with Crippen LogP contribution in [-0.4, -0.2) is 17.4 Å². The molecule has 0 saturated heterocycles. The molecule has 0 bridgehead atoms. The van der Waals surface area contributed by atoms with Crippen LogP contribution in [0.4, 0.5) is 10.8 Å². The fraction of sp³-hybridized carbons (Fsp3) is 0.375. The Morgan fingerprint density at radius 2 is 2.10 bits per heavy atom. The van der Waals surface area contributed by atoms with Crippen LogP contribution >= 0.6 is 11.3 Å². The van der Waals surface area contributed by atoms with Gasteiger partial charge in [0.25, 0.3) is 5.91 Å². The van der Waals surface area contributed by atoms with Crippen molar-refractivity contribution in [1.82, 2.24) is 4.98 Å². The third kappa shape index (κ3) is 3.08. The predicted octanol–water partition coefficient (Wildman–Crippen LogP) is 3.71. The summed E-state index contributed by atoms with van der Waals surface area (Å²) in [6.07, 6.45) is 4.56. The van der Waals surface area contributed by atoms with E-state index in [0.717, 1.165) is 30.2 Å². The normalized spacial score (nSPS) is 13.6. The van der Waals surface area contributed by atoms with Crippen molar-refractivity contribution in [3.05, 3.63) is 40.4 Å². The Bertz CT molecular complexity index is 627. The number of nitrogens with one attached hydrogen (secondary N) is 2. The number of amides is 1. The van der Waals surface area contributed by atoms with Gasteiger partial charge >= 0.3 is 0 Å². The highest BCUT2D eigenvalue weighted by atomic mass is 32.1. The lowest BCUT2D eigenvalue weighted by atomic mass is 10.0. The number of benzene rings is 1. The second-order valence-electron chi connectivity index (χ2n) is 5.13. The van der Waals surface area contributed by atoms with Crippen LogP contribution in [0, 0.1) is 0 Å². The molecule has 3 rings (SSSR count). The van der Waals surface area contributed by atoms with E-state index in [1.807, 2.05) is 31.2 Å². The van der Waals surface area contributed by atoms with E-state index in [9.17, 15) is 4.79 Å². The molecule has 1 aromatic heterocycles. The SMILES string of the molecule is CCNc1ccccc1C(=O)Nc1nc2c(s1)CCCC2. The first-order valence-electron chi connectivity index (χ1n) is 7.40. The first-order chi connectivity index (χ1) is 10.3. The largest absolute Gasteiger partial charge is 0.385 e. The highest BCUT2D eigenvalue weighted by molar-refractivity contribution is 7.15. The third-order valence-corrected chi connectivity index (χ3v) is 4.68. The Balaban J connectivity index is 1.78. The smallest absolute Gasteiger partial charge is 0.259 e. The van der Waals surface area contributed by atoms with Gasteiger partial charge < -0.3 is 5.32 Å². The summed E-state index contributed by atoms with van der Waals surface area (Å²) in [4.78, 5) is 18.3. The summed E-state index contributed by atoms with van der Waals surface area (Å²) in [7, 11) is 0. The van der Waals surface area contributed by atoms with Crippen molar-refractivity contribution in [2.45, 2.75) is 32.6 Å². The zero-order chi connectivity index (χ0) is 14.7. The maximum absolute atomic E-state index is 12.4. The summed E-state index contributed by atoms with van der Waals surface area (Å²) in [5.74, 6) is -0.0994. The Morgan fingerprint density at radius 1 is 1.29 bits per heavy atom. The molecule has 1 amide bonds. The molecule has 2 N–H and O–H groups in total. The number of anilines is 2. The van der Waals surface area contributed by atoms with Gasteiger partial charge in [-0.2, -0.15) is 0 Å². The number of carbonyl (C=O) groups excluding carboxylic acids is 1. The maximum atomic E-state index is 12.4. The zero-order valence-electron chi connectivity index (χ0n) is 12.1. The number of aryl methyl sites for hydroxylation is 2. The second kappa shape index (κ2) is 6.26. The van der Waals surface area contributed by atoms with Crippen LogP contribution in [0.5, 0.6) is 0 Å². The van der Waals surface area contributed by atoms with E-state index >= 15 is 0 Å². The van der Waals surface area contributed by atoms with Gasteiger partial charge in [-0.15, -0.1) is 11.3 Å². The molecule has 1 aliphatic carbocycles. The fourth-order valence-corrected chi connectivity index (χ4v) is 3.64. The van der Waals surface area contributed by atoms with Gasteiger partial charge in [0.1, 0.15) is 0 Å². The zero-order valence-corrected chi connectivity index (χ0v) is 12.9. The second-order valence-corrected chi connectivity index (χ2v) is 6.21. The average molecular weight is 301 g/mol. The summed E-state index contributed by atoms with van der Waals surface area (Å²) >= 11 is 1.61. The van der Waals surface area contributed by atoms with Crippen molar-refractivity contribution in [2.24, 2.45) is 0 Å². The van der Waals surface area contributed by atoms with E-state index in [2.05, 4.69) is 15.6 Å². The first kappa shape index (κ1) is 14.1. The van der Waals surface area contributed by atoms with Gasteiger partial charge in [-0.25, -0.2) is 4.98 Å². The monoisotopic (exact) mass is 301 g/mol. The van der Waals surface area contributed by atoms with E-state index in [1.165, 1.54) is 23.4 Å². The Hall–Kier alpha value is -1.88. The van der Waals surface area contributed by atoms with Gasteiger partial charge in [0.2, 0.25) is 0 Å². The molecule has 0 atom stereocenters. The van der Waals surface area contributed by atoms with E-state index < -0.39 is 0 Å². The van der Waals surface area contributed by atoms with Crippen LogP contribution in [-0.2, 0) is 12.8 Å². The van der Waals surface area contributed by atoms with Crippen LogP contribution < -0.4 is 10.6 Å². The molecule has 1 aliphatic rings. The molecule has 4 nitrogen and oxygen atoms in total. The summed E-state index contributed by atoms with van der Waals surface area (Å²) in [6.45, 7) is 2.80. The van der Waals surface area contributed by atoms with Gasteiger partial charge in [0.15, 0.2) is 5.13 Å². The number of nitrogens with zero attached hydrogens (tertiary/aromatic N) is 1. The van der Waals surface area contributed by atoms with E-state index in [-0.39, 0.29) is 5.91 Å². The number of hydrogen-bond acceptors (Lipinski definition) is 4. The fourth-order valence-electron chi connectivity index (χ4n) is 2.60. The minimum atomic E-state index is -0.0994. The minimum Gasteiger partial charge on any atom is -0.385 e. The predicted molar refractivity (Wildman–Crippen MR) is 87.3 cm³/mol. The van der Waals surface area contributed by atoms with Gasteiger partial charge in [0, 0.05) is 17.1 Å². The molecule has 21 heavy (non-hydrogen) atoms. The number of para-hydroxylation sites is 1. The minimum absolute atomic E-state index is 0.0994. The van der Waals surface area contributed by atoms with Crippen molar-refractivity contribution < 1.29 is 4.79 Å². The molecular weight excluding hydrogens is 282 g/mol. The van der Waals surface area contributed by atoms with E-state index in [4.69, 9.17) is 0 Å². The van der Waals surface area contributed by atoms with Gasteiger partial charge in [-0.3, -0.25) is 10.1 Å². The average Bonchev–Trinajstić information content (AvgIpc) is 2.90. The molecule has 0 unspecified atom stereocenters. The number of aromatic nitrogens is 1. The molecule has 2 aromatic rings. The van der Waals surface area contributed by atoms with Crippen molar-refractivity contribution in [1.29, 1.82) is 0 Å². The molecule has 0 saturated carbocycles. The summed E-state index contributed by atoms with van der Waals surface area (Å²) in [5.41, 5.74) is 2.69. The van der Waals surface area contributed by atoms with Crippen LogP contribution in [0.25, 0.3) is 0 Å². The van der Waals surface area contributed by atoms with Gasteiger partial charge in [0.05, 0.1) is 11.3 Å². The van der Waals surface area contributed by atoms with Crippen molar-refractivity contribution in [3.63, 3.8) is 0 Å². The maximum Gasteiger partial charge on any atom is 0.259 e. The molecule has 0 fully saturated rings.